The second-order valence-corrected chi connectivity index (χ2v) is 7.16. The number of nitrogen functional groups attached to an aromatic ring is 1. The van der Waals surface area contributed by atoms with Crippen molar-refractivity contribution in [2.45, 2.75) is 18.2 Å². The maximum atomic E-state index is 12.6. The Bertz CT molecular complexity index is 547. The van der Waals surface area contributed by atoms with Crippen molar-refractivity contribution in [2.24, 2.45) is 0 Å². The summed E-state index contributed by atoms with van der Waals surface area (Å²) in [6.07, 6.45) is 0.764. The van der Waals surface area contributed by atoms with E-state index in [4.69, 9.17) is 17.3 Å². The second kappa shape index (κ2) is 7.26. The monoisotopic (exact) mass is 319 g/mol. The van der Waals surface area contributed by atoms with Crippen molar-refractivity contribution in [3.63, 3.8) is 0 Å². The van der Waals surface area contributed by atoms with Crippen LogP contribution >= 0.6 is 11.6 Å². The SMILES string of the molecule is CCN(CCCN(C)C)S(=O)(=O)c1cc(N)ccc1Cl. The van der Waals surface area contributed by atoms with Gasteiger partial charge in [-0.1, -0.05) is 18.5 Å². The van der Waals surface area contributed by atoms with E-state index in [2.05, 4.69) is 0 Å². The van der Waals surface area contributed by atoms with Crippen LogP contribution < -0.4 is 5.73 Å². The molecule has 0 saturated carbocycles. The smallest absolute Gasteiger partial charge is 0.244 e. The number of hydrogen-bond donors (Lipinski definition) is 1. The zero-order chi connectivity index (χ0) is 15.3. The van der Waals surface area contributed by atoms with E-state index in [0.717, 1.165) is 13.0 Å². The number of halogens is 1. The van der Waals surface area contributed by atoms with Crippen LogP contribution in [-0.2, 0) is 10.0 Å². The minimum atomic E-state index is -3.60. The number of anilines is 1. The summed E-state index contributed by atoms with van der Waals surface area (Å²) in [6, 6.07) is 4.51. The van der Waals surface area contributed by atoms with Crippen LogP contribution in [0.5, 0.6) is 0 Å². The molecule has 0 aliphatic carbocycles. The molecule has 0 saturated heterocycles. The third-order valence-electron chi connectivity index (χ3n) is 2.94. The lowest BCUT2D eigenvalue weighted by Crippen LogP contribution is -2.33. The van der Waals surface area contributed by atoms with E-state index >= 15 is 0 Å². The van der Waals surface area contributed by atoms with Gasteiger partial charge in [0.15, 0.2) is 0 Å². The molecule has 0 amide bonds. The van der Waals surface area contributed by atoms with Crippen molar-refractivity contribution >= 4 is 27.3 Å². The zero-order valence-electron chi connectivity index (χ0n) is 12.1. The van der Waals surface area contributed by atoms with E-state index in [1.54, 1.807) is 6.07 Å². The predicted molar refractivity (Wildman–Crippen MR) is 83.5 cm³/mol. The minimum absolute atomic E-state index is 0.0749. The van der Waals surface area contributed by atoms with Crippen molar-refractivity contribution in [1.29, 1.82) is 0 Å². The fourth-order valence-electron chi connectivity index (χ4n) is 1.87. The lowest BCUT2D eigenvalue weighted by Gasteiger charge is -2.22. The normalized spacial score (nSPS) is 12.3. The molecule has 0 spiro atoms. The molecule has 0 unspecified atom stereocenters. The maximum Gasteiger partial charge on any atom is 0.244 e. The van der Waals surface area contributed by atoms with Gasteiger partial charge < -0.3 is 10.6 Å². The molecule has 114 valence electrons. The van der Waals surface area contributed by atoms with Gasteiger partial charge in [-0.05, 0) is 45.3 Å². The highest BCUT2D eigenvalue weighted by Crippen LogP contribution is 2.26. The van der Waals surface area contributed by atoms with E-state index in [0.29, 0.717) is 18.8 Å². The van der Waals surface area contributed by atoms with Crippen molar-refractivity contribution in [1.82, 2.24) is 9.21 Å². The second-order valence-electron chi connectivity index (χ2n) is 4.84. The van der Waals surface area contributed by atoms with Crippen LogP contribution in [0.15, 0.2) is 23.1 Å². The zero-order valence-corrected chi connectivity index (χ0v) is 13.7. The number of nitrogens with zero attached hydrogens (tertiary/aromatic N) is 2. The van der Waals surface area contributed by atoms with Gasteiger partial charge in [0.2, 0.25) is 10.0 Å². The third kappa shape index (κ3) is 4.34. The molecule has 5 nitrogen and oxygen atoms in total. The Morgan fingerprint density at radius 3 is 2.45 bits per heavy atom. The molecule has 0 aliphatic heterocycles. The van der Waals surface area contributed by atoms with Crippen LogP contribution in [0.2, 0.25) is 5.02 Å². The molecule has 1 aromatic carbocycles. The van der Waals surface area contributed by atoms with E-state index in [1.807, 2.05) is 25.9 Å². The van der Waals surface area contributed by atoms with Crippen LogP contribution in [0.25, 0.3) is 0 Å². The molecular formula is C13H22ClN3O2S. The summed E-state index contributed by atoms with van der Waals surface area (Å²) in [7, 11) is 0.316. The van der Waals surface area contributed by atoms with E-state index < -0.39 is 10.0 Å². The number of hydrogen-bond acceptors (Lipinski definition) is 4. The standard InChI is InChI=1S/C13H22ClN3O2S/c1-4-17(9-5-8-16(2)3)20(18,19)13-10-11(15)6-7-12(13)14/h6-7,10H,4-5,8-9,15H2,1-3H3. The van der Waals surface area contributed by atoms with Crippen LogP contribution in [0, 0.1) is 0 Å². The first-order chi connectivity index (χ1) is 9.28. The van der Waals surface area contributed by atoms with Gasteiger partial charge in [-0.25, -0.2) is 8.42 Å². The molecule has 0 aliphatic rings. The summed E-state index contributed by atoms with van der Waals surface area (Å²) in [5, 5.41) is 0.199. The Balaban J connectivity index is 2.97. The van der Waals surface area contributed by atoms with E-state index in [1.165, 1.54) is 16.4 Å². The van der Waals surface area contributed by atoms with Gasteiger partial charge in [-0.15, -0.1) is 0 Å². The molecule has 0 bridgehead atoms. The van der Waals surface area contributed by atoms with Crippen LogP contribution in [-0.4, -0.2) is 51.4 Å². The Kier molecular flexibility index (Phi) is 6.26. The fourth-order valence-corrected chi connectivity index (χ4v) is 3.87. The number of rotatable bonds is 7. The van der Waals surface area contributed by atoms with Crippen molar-refractivity contribution in [3.8, 4) is 0 Å². The van der Waals surface area contributed by atoms with Crippen molar-refractivity contribution < 1.29 is 8.42 Å². The molecule has 20 heavy (non-hydrogen) atoms. The topological polar surface area (TPSA) is 66.6 Å². The Hall–Kier alpha value is -0.820. The highest BCUT2D eigenvalue weighted by Gasteiger charge is 2.25. The largest absolute Gasteiger partial charge is 0.399 e. The average molecular weight is 320 g/mol. The lowest BCUT2D eigenvalue weighted by atomic mass is 10.3. The number of benzene rings is 1. The Labute approximate surface area is 126 Å². The van der Waals surface area contributed by atoms with Crippen LogP contribution in [0.4, 0.5) is 5.69 Å². The summed E-state index contributed by atoms with van der Waals surface area (Å²) < 4.78 is 26.6. The summed E-state index contributed by atoms with van der Waals surface area (Å²) in [5.74, 6) is 0. The first kappa shape index (κ1) is 17.2. The van der Waals surface area contributed by atoms with Gasteiger partial charge in [-0.3, -0.25) is 0 Å². The van der Waals surface area contributed by atoms with Crippen LogP contribution in [0.3, 0.4) is 0 Å². The van der Waals surface area contributed by atoms with Crippen molar-refractivity contribution in [2.75, 3.05) is 39.5 Å². The molecule has 0 radical (unpaired) electrons. The van der Waals surface area contributed by atoms with Gasteiger partial charge in [0.1, 0.15) is 4.90 Å². The highest BCUT2D eigenvalue weighted by atomic mass is 35.5. The number of nitrogens with two attached hydrogens (primary N) is 1. The molecule has 0 aromatic heterocycles. The van der Waals surface area contributed by atoms with Crippen LogP contribution in [0.1, 0.15) is 13.3 Å². The molecule has 1 rings (SSSR count). The predicted octanol–water partition coefficient (Wildman–Crippen LogP) is 1.88. The molecule has 0 heterocycles. The Morgan fingerprint density at radius 1 is 1.25 bits per heavy atom. The highest BCUT2D eigenvalue weighted by molar-refractivity contribution is 7.89. The first-order valence-electron chi connectivity index (χ1n) is 6.49. The average Bonchev–Trinajstić information content (AvgIpc) is 2.36. The first-order valence-corrected chi connectivity index (χ1v) is 8.30. The molecule has 7 heteroatoms. The summed E-state index contributed by atoms with van der Waals surface area (Å²) in [5.41, 5.74) is 6.04. The molecule has 0 fully saturated rings. The number of sulfonamides is 1. The van der Waals surface area contributed by atoms with Gasteiger partial charge in [-0.2, -0.15) is 4.31 Å². The van der Waals surface area contributed by atoms with Gasteiger partial charge in [0.05, 0.1) is 5.02 Å². The van der Waals surface area contributed by atoms with Crippen molar-refractivity contribution in [3.05, 3.63) is 23.2 Å². The van der Waals surface area contributed by atoms with Gasteiger partial charge in [0, 0.05) is 18.8 Å². The third-order valence-corrected chi connectivity index (χ3v) is 5.39. The molecule has 2 N–H and O–H groups in total. The lowest BCUT2D eigenvalue weighted by molar-refractivity contribution is 0.356. The summed E-state index contributed by atoms with van der Waals surface area (Å²) in [4.78, 5) is 2.10. The Morgan fingerprint density at radius 2 is 1.90 bits per heavy atom. The fraction of sp³-hybridized carbons (Fsp3) is 0.538. The van der Waals surface area contributed by atoms with Gasteiger partial charge in [0.25, 0.3) is 0 Å². The summed E-state index contributed by atoms with van der Waals surface area (Å²) >= 11 is 6.00. The maximum absolute atomic E-state index is 12.6. The van der Waals surface area contributed by atoms with Gasteiger partial charge >= 0.3 is 0 Å². The minimum Gasteiger partial charge on any atom is -0.399 e. The molecular weight excluding hydrogens is 298 g/mol. The quantitative estimate of drug-likeness (QED) is 0.779. The van der Waals surface area contributed by atoms with E-state index in [9.17, 15) is 8.42 Å². The molecule has 1 aromatic rings. The summed E-state index contributed by atoms with van der Waals surface area (Å²) in [6.45, 7) is 3.51. The molecule has 0 atom stereocenters. The van der Waals surface area contributed by atoms with E-state index in [-0.39, 0.29) is 9.92 Å².